The van der Waals surface area contributed by atoms with Gasteiger partial charge in [0.05, 0.1) is 11.9 Å². The molecule has 0 radical (unpaired) electrons. The lowest BCUT2D eigenvalue weighted by atomic mass is 10.3. The van der Waals surface area contributed by atoms with Crippen LogP contribution in [0.1, 0.15) is 0 Å². The van der Waals surface area contributed by atoms with E-state index >= 15 is 0 Å². The van der Waals surface area contributed by atoms with Crippen molar-refractivity contribution in [2.45, 2.75) is 6.18 Å². The van der Waals surface area contributed by atoms with Gasteiger partial charge in [0.25, 0.3) is 5.78 Å². The van der Waals surface area contributed by atoms with Gasteiger partial charge in [0.2, 0.25) is 0 Å². The SMILES string of the molecule is O=C(/C=N\Nc1ccc(Cl)cc1)C(F)(F)F. The van der Waals surface area contributed by atoms with Crippen LogP contribution in [0.25, 0.3) is 0 Å². The first kappa shape index (κ1) is 12.5. The van der Waals surface area contributed by atoms with Crippen molar-refractivity contribution in [3.63, 3.8) is 0 Å². The second kappa shape index (κ2) is 4.98. The number of nitrogens with zero attached hydrogens (tertiary/aromatic N) is 1. The largest absolute Gasteiger partial charge is 0.455 e. The summed E-state index contributed by atoms with van der Waals surface area (Å²) in [4.78, 5) is 10.4. The summed E-state index contributed by atoms with van der Waals surface area (Å²) in [5.41, 5.74) is 2.69. The van der Waals surface area contributed by atoms with Crippen molar-refractivity contribution < 1.29 is 18.0 Å². The van der Waals surface area contributed by atoms with Crippen molar-refractivity contribution in [2.75, 3.05) is 5.43 Å². The molecule has 7 heteroatoms. The van der Waals surface area contributed by atoms with Crippen molar-refractivity contribution in [3.8, 4) is 0 Å². The number of hydrogen-bond acceptors (Lipinski definition) is 3. The molecule has 1 aromatic rings. The lowest BCUT2D eigenvalue weighted by Gasteiger charge is -2.01. The molecule has 0 saturated carbocycles. The summed E-state index contributed by atoms with van der Waals surface area (Å²) in [6.45, 7) is 0. The monoisotopic (exact) mass is 250 g/mol. The smallest absolute Gasteiger partial charge is 0.283 e. The topological polar surface area (TPSA) is 41.5 Å². The molecule has 0 atom stereocenters. The molecule has 0 amide bonds. The summed E-state index contributed by atoms with van der Waals surface area (Å²) in [6, 6.07) is 6.09. The highest BCUT2D eigenvalue weighted by atomic mass is 35.5. The van der Waals surface area contributed by atoms with E-state index in [9.17, 15) is 18.0 Å². The number of carbonyl (C=O) groups excluding carboxylic acids is 1. The Hall–Kier alpha value is -1.56. The van der Waals surface area contributed by atoms with Crippen LogP contribution in [0.3, 0.4) is 0 Å². The molecule has 0 saturated heterocycles. The van der Waals surface area contributed by atoms with Gasteiger partial charge in [0.15, 0.2) is 0 Å². The highest BCUT2D eigenvalue weighted by molar-refractivity contribution is 6.30. The van der Waals surface area contributed by atoms with Crippen LogP contribution < -0.4 is 5.43 Å². The van der Waals surface area contributed by atoms with E-state index in [0.717, 1.165) is 0 Å². The Morgan fingerprint density at radius 2 is 1.88 bits per heavy atom. The molecular formula is C9H6ClF3N2O. The molecule has 0 spiro atoms. The van der Waals surface area contributed by atoms with Gasteiger partial charge >= 0.3 is 6.18 Å². The van der Waals surface area contributed by atoms with Crippen LogP contribution in [0.2, 0.25) is 5.02 Å². The van der Waals surface area contributed by atoms with Gasteiger partial charge in [0.1, 0.15) is 0 Å². The number of hydrazone groups is 1. The fourth-order valence-corrected chi connectivity index (χ4v) is 0.889. The van der Waals surface area contributed by atoms with Crippen molar-refractivity contribution in [2.24, 2.45) is 5.10 Å². The molecule has 0 bridgehead atoms. The van der Waals surface area contributed by atoms with Crippen molar-refractivity contribution >= 4 is 29.3 Å². The van der Waals surface area contributed by atoms with Crippen LogP contribution in [0, 0.1) is 0 Å². The van der Waals surface area contributed by atoms with Gasteiger partial charge in [-0.2, -0.15) is 18.3 Å². The molecule has 0 heterocycles. The molecule has 3 nitrogen and oxygen atoms in total. The summed E-state index contributed by atoms with van der Waals surface area (Å²) < 4.78 is 35.2. The summed E-state index contributed by atoms with van der Waals surface area (Å²) in [7, 11) is 0. The molecule has 1 aromatic carbocycles. The molecule has 0 unspecified atom stereocenters. The number of Topliss-reactive ketones (excluding diaryl/α,β-unsaturated/α-hetero) is 1. The molecular weight excluding hydrogens is 245 g/mol. The number of benzene rings is 1. The maximum Gasteiger partial charge on any atom is 0.455 e. The number of alkyl halides is 3. The molecule has 0 fully saturated rings. The second-order valence-electron chi connectivity index (χ2n) is 2.74. The number of anilines is 1. The van der Waals surface area contributed by atoms with Crippen LogP contribution in [0.5, 0.6) is 0 Å². The Kier molecular flexibility index (Phi) is 3.89. The maximum atomic E-state index is 11.7. The van der Waals surface area contributed by atoms with E-state index in [4.69, 9.17) is 11.6 Å². The zero-order chi connectivity index (χ0) is 12.2. The average molecular weight is 251 g/mol. The molecule has 0 aliphatic carbocycles. The first-order valence-electron chi connectivity index (χ1n) is 4.05. The lowest BCUT2D eigenvalue weighted by molar-refractivity contribution is -0.162. The number of rotatable bonds is 3. The van der Waals surface area contributed by atoms with E-state index in [2.05, 4.69) is 10.5 Å². The normalized spacial score (nSPS) is 11.8. The zero-order valence-corrected chi connectivity index (χ0v) is 8.51. The third-order valence-electron chi connectivity index (χ3n) is 1.50. The number of nitrogens with one attached hydrogen (secondary N) is 1. The second-order valence-corrected chi connectivity index (χ2v) is 3.18. The Morgan fingerprint density at radius 3 is 2.38 bits per heavy atom. The number of halogens is 4. The molecule has 1 N–H and O–H groups in total. The van der Waals surface area contributed by atoms with Gasteiger partial charge in [-0.3, -0.25) is 10.2 Å². The minimum Gasteiger partial charge on any atom is -0.283 e. The van der Waals surface area contributed by atoms with Crippen molar-refractivity contribution in [3.05, 3.63) is 29.3 Å². The maximum absolute atomic E-state index is 11.7. The molecule has 0 aliphatic heterocycles. The average Bonchev–Trinajstić information content (AvgIpc) is 2.19. The summed E-state index contributed by atoms with van der Waals surface area (Å²) in [6.07, 6.45) is -4.72. The summed E-state index contributed by atoms with van der Waals surface area (Å²) in [5, 5.41) is 3.64. The fraction of sp³-hybridized carbons (Fsp3) is 0.111. The van der Waals surface area contributed by atoms with Gasteiger partial charge < -0.3 is 0 Å². The van der Waals surface area contributed by atoms with E-state index in [1.807, 2.05) is 0 Å². The first-order valence-corrected chi connectivity index (χ1v) is 4.43. The van der Waals surface area contributed by atoms with Gasteiger partial charge in [-0.1, -0.05) is 11.6 Å². The number of ketones is 1. The van der Waals surface area contributed by atoms with E-state index in [1.54, 1.807) is 0 Å². The standard InChI is InChI=1S/C9H6ClF3N2O/c10-6-1-3-7(4-2-6)15-14-5-8(16)9(11,12)13/h1-5,15H/b14-5-. The molecule has 16 heavy (non-hydrogen) atoms. The van der Waals surface area contributed by atoms with Gasteiger partial charge in [-0.15, -0.1) is 0 Å². The molecule has 0 aromatic heterocycles. The Morgan fingerprint density at radius 1 is 1.31 bits per heavy atom. The third-order valence-corrected chi connectivity index (χ3v) is 1.75. The quantitative estimate of drug-likeness (QED) is 0.662. The molecule has 1 rings (SSSR count). The lowest BCUT2D eigenvalue weighted by Crippen LogP contribution is -2.23. The first-order chi connectivity index (χ1) is 7.39. The predicted molar refractivity (Wildman–Crippen MR) is 54.6 cm³/mol. The van der Waals surface area contributed by atoms with Crippen LogP contribution in [0.4, 0.5) is 18.9 Å². The highest BCUT2D eigenvalue weighted by Gasteiger charge is 2.36. The Labute approximate surface area is 93.9 Å². The zero-order valence-electron chi connectivity index (χ0n) is 7.75. The summed E-state index contributed by atoms with van der Waals surface area (Å²) in [5.74, 6) is -2.02. The van der Waals surface area contributed by atoms with E-state index in [0.29, 0.717) is 10.7 Å². The van der Waals surface area contributed by atoms with Crippen LogP contribution >= 0.6 is 11.6 Å². The minimum atomic E-state index is -4.90. The number of carbonyl (C=O) groups is 1. The third kappa shape index (κ3) is 3.90. The van der Waals surface area contributed by atoms with Crippen LogP contribution in [0.15, 0.2) is 29.4 Å². The molecule has 0 aliphatic rings. The number of hydrogen-bond donors (Lipinski definition) is 1. The van der Waals surface area contributed by atoms with Gasteiger partial charge in [-0.05, 0) is 24.3 Å². The van der Waals surface area contributed by atoms with E-state index < -0.39 is 12.0 Å². The Balaban J connectivity index is 2.55. The van der Waals surface area contributed by atoms with Crippen molar-refractivity contribution in [1.29, 1.82) is 0 Å². The van der Waals surface area contributed by atoms with E-state index in [-0.39, 0.29) is 6.21 Å². The van der Waals surface area contributed by atoms with Gasteiger partial charge in [-0.25, -0.2) is 0 Å². The van der Waals surface area contributed by atoms with Crippen LogP contribution in [-0.2, 0) is 4.79 Å². The fourth-order valence-electron chi connectivity index (χ4n) is 0.763. The minimum absolute atomic E-state index is 0.175. The van der Waals surface area contributed by atoms with Crippen LogP contribution in [-0.4, -0.2) is 18.2 Å². The summed E-state index contributed by atoms with van der Waals surface area (Å²) >= 11 is 5.59. The van der Waals surface area contributed by atoms with Gasteiger partial charge in [0, 0.05) is 5.02 Å². The molecule has 86 valence electrons. The van der Waals surface area contributed by atoms with E-state index in [1.165, 1.54) is 24.3 Å². The highest BCUT2D eigenvalue weighted by Crippen LogP contribution is 2.15. The predicted octanol–water partition coefficient (Wildman–Crippen LogP) is 2.87. The van der Waals surface area contributed by atoms with Crippen molar-refractivity contribution in [1.82, 2.24) is 0 Å². The Bertz CT molecular complexity index is 400.